The summed E-state index contributed by atoms with van der Waals surface area (Å²) in [5.74, 6) is 0.958. The van der Waals surface area contributed by atoms with Crippen molar-refractivity contribution in [1.82, 2.24) is 5.32 Å². The highest BCUT2D eigenvalue weighted by Crippen LogP contribution is 2.47. The van der Waals surface area contributed by atoms with Crippen molar-refractivity contribution < 1.29 is 4.74 Å². The van der Waals surface area contributed by atoms with Gasteiger partial charge in [0, 0.05) is 28.1 Å². The van der Waals surface area contributed by atoms with Gasteiger partial charge in [-0.2, -0.15) is 0 Å². The van der Waals surface area contributed by atoms with Crippen LogP contribution in [0.5, 0.6) is 5.75 Å². The molecule has 1 aromatic carbocycles. The lowest BCUT2D eigenvalue weighted by Crippen LogP contribution is -2.49. The Balaban J connectivity index is 2.28. The molecule has 19 heavy (non-hydrogen) atoms. The van der Waals surface area contributed by atoms with E-state index in [-0.39, 0.29) is 11.0 Å². The van der Waals surface area contributed by atoms with E-state index >= 15 is 0 Å². The largest absolute Gasteiger partial charge is 0.496 e. The molecule has 0 bridgehead atoms. The zero-order valence-corrected chi connectivity index (χ0v) is 13.1. The molecule has 2 nitrogen and oxygen atoms in total. The van der Waals surface area contributed by atoms with Crippen LogP contribution in [0, 0.1) is 0 Å². The summed E-state index contributed by atoms with van der Waals surface area (Å²) in [4.78, 5) is 0. The zero-order chi connectivity index (χ0) is 14.1. The minimum atomic E-state index is 0.133. The smallest absolute Gasteiger partial charge is 0.122 e. The van der Waals surface area contributed by atoms with Gasteiger partial charge in [0.1, 0.15) is 5.75 Å². The number of hydrogen-bond acceptors (Lipinski definition) is 2. The lowest BCUT2D eigenvalue weighted by molar-refractivity contribution is 0.207. The Labute approximate surface area is 121 Å². The Morgan fingerprint density at radius 1 is 1.32 bits per heavy atom. The Morgan fingerprint density at radius 3 is 2.47 bits per heavy atom. The van der Waals surface area contributed by atoms with Crippen LogP contribution >= 0.6 is 11.6 Å². The Morgan fingerprint density at radius 2 is 2.00 bits per heavy atom. The Hall–Kier alpha value is -0.730. The van der Waals surface area contributed by atoms with Gasteiger partial charge >= 0.3 is 0 Å². The van der Waals surface area contributed by atoms with E-state index in [4.69, 9.17) is 16.3 Å². The molecule has 0 amide bonds. The van der Waals surface area contributed by atoms with Crippen LogP contribution < -0.4 is 10.1 Å². The van der Waals surface area contributed by atoms with Gasteiger partial charge in [-0.1, -0.05) is 18.0 Å². The summed E-state index contributed by atoms with van der Waals surface area (Å²) in [5, 5.41) is 4.42. The molecule has 0 aliphatic heterocycles. The Bertz CT molecular complexity index is 447. The maximum Gasteiger partial charge on any atom is 0.122 e. The number of hydrogen-bond donors (Lipinski definition) is 1. The highest BCUT2D eigenvalue weighted by molar-refractivity contribution is 6.30. The first-order valence-electron chi connectivity index (χ1n) is 6.95. The van der Waals surface area contributed by atoms with E-state index in [1.165, 1.54) is 24.8 Å². The van der Waals surface area contributed by atoms with Gasteiger partial charge in [-0.3, -0.25) is 0 Å². The molecule has 0 unspecified atom stereocenters. The van der Waals surface area contributed by atoms with Crippen LogP contribution in [0.15, 0.2) is 18.2 Å². The molecule has 106 valence electrons. The van der Waals surface area contributed by atoms with Crippen molar-refractivity contribution >= 4 is 11.6 Å². The highest BCUT2D eigenvalue weighted by Gasteiger charge is 2.41. The monoisotopic (exact) mass is 281 g/mol. The molecule has 1 aliphatic carbocycles. The van der Waals surface area contributed by atoms with Gasteiger partial charge in [0.15, 0.2) is 0 Å². The molecule has 1 fully saturated rings. The number of nitrogens with one attached hydrogen (secondary N) is 1. The maximum atomic E-state index is 6.18. The molecule has 1 N–H and O–H groups in total. The molecule has 0 heterocycles. The molecular formula is C16H24ClNO. The van der Waals surface area contributed by atoms with E-state index in [0.29, 0.717) is 0 Å². The molecule has 1 aromatic rings. The fourth-order valence-corrected chi connectivity index (χ4v) is 2.85. The lowest BCUT2D eigenvalue weighted by Gasteiger charge is -2.45. The second-order valence-corrected chi connectivity index (χ2v) is 7.02. The van der Waals surface area contributed by atoms with Crippen LogP contribution in [-0.2, 0) is 5.41 Å². The van der Waals surface area contributed by atoms with Crippen molar-refractivity contribution in [1.29, 1.82) is 0 Å². The Kier molecular flexibility index (Phi) is 4.12. The topological polar surface area (TPSA) is 21.3 Å². The average Bonchev–Trinajstić information content (AvgIpc) is 2.26. The van der Waals surface area contributed by atoms with E-state index < -0.39 is 0 Å². The number of rotatable bonds is 4. The van der Waals surface area contributed by atoms with E-state index in [1.54, 1.807) is 7.11 Å². The molecule has 1 saturated carbocycles. The van der Waals surface area contributed by atoms with Gasteiger partial charge in [-0.05, 0) is 51.8 Å². The number of benzene rings is 1. The van der Waals surface area contributed by atoms with Gasteiger partial charge in [0.05, 0.1) is 7.11 Å². The molecule has 2 rings (SSSR count). The summed E-state index contributed by atoms with van der Waals surface area (Å²) in [7, 11) is 1.73. The second kappa shape index (κ2) is 5.34. The third-order valence-corrected chi connectivity index (χ3v) is 4.24. The van der Waals surface area contributed by atoms with Crippen molar-refractivity contribution in [2.75, 3.05) is 13.7 Å². The number of halogens is 1. The molecule has 1 aliphatic rings. The molecule has 0 spiro atoms. The summed E-state index contributed by atoms with van der Waals surface area (Å²) in [6.45, 7) is 7.59. The summed E-state index contributed by atoms with van der Waals surface area (Å²) in [6.07, 6.45) is 3.68. The quantitative estimate of drug-likeness (QED) is 0.895. The predicted molar refractivity (Wildman–Crippen MR) is 81.3 cm³/mol. The zero-order valence-electron chi connectivity index (χ0n) is 12.3. The fourth-order valence-electron chi connectivity index (χ4n) is 2.67. The normalized spacial score (nSPS) is 17.9. The van der Waals surface area contributed by atoms with Crippen LogP contribution in [0.3, 0.4) is 0 Å². The minimum absolute atomic E-state index is 0.133. The first-order valence-corrected chi connectivity index (χ1v) is 7.33. The van der Waals surface area contributed by atoms with Crippen molar-refractivity contribution in [2.24, 2.45) is 0 Å². The van der Waals surface area contributed by atoms with Crippen LogP contribution in [0.25, 0.3) is 0 Å². The predicted octanol–water partition coefficient (Wildman–Crippen LogP) is 4.16. The minimum Gasteiger partial charge on any atom is -0.496 e. The van der Waals surface area contributed by atoms with Crippen molar-refractivity contribution in [2.45, 2.75) is 51.0 Å². The van der Waals surface area contributed by atoms with Crippen LogP contribution in [0.4, 0.5) is 0 Å². The molecule has 0 radical (unpaired) electrons. The first kappa shape index (κ1) is 14.7. The van der Waals surface area contributed by atoms with Gasteiger partial charge in [-0.15, -0.1) is 0 Å². The van der Waals surface area contributed by atoms with Gasteiger partial charge < -0.3 is 10.1 Å². The third kappa shape index (κ3) is 3.24. The summed E-state index contributed by atoms with van der Waals surface area (Å²) >= 11 is 6.18. The summed E-state index contributed by atoms with van der Waals surface area (Å²) in [5.41, 5.74) is 1.57. The molecule has 0 atom stereocenters. The van der Waals surface area contributed by atoms with Crippen molar-refractivity contribution in [3.8, 4) is 5.75 Å². The maximum absolute atomic E-state index is 6.18. The molecule has 0 aromatic heterocycles. The molecule has 0 saturated heterocycles. The van der Waals surface area contributed by atoms with Gasteiger partial charge in [-0.25, -0.2) is 0 Å². The van der Waals surface area contributed by atoms with E-state index in [0.717, 1.165) is 17.3 Å². The van der Waals surface area contributed by atoms with Crippen LogP contribution in [0.2, 0.25) is 5.02 Å². The molecule has 3 heteroatoms. The van der Waals surface area contributed by atoms with E-state index in [2.05, 4.69) is 32.2 Å². The van der Waals surface area contributed by atoms with E-state index in [9.17, 15) is 0 Å². The highest BCUT2D eigenvalue weighted by atomic mass is 35.5. The van der Waals surface area contributed by atoms with Crippen molar-refractivity contribution in [3.63, 3.8) is 0 Å². The summed E-state index contributed by atoms with van der Waals surface area (Å²) in [6, 6.07) is 5.95. The SMILES string of the molecule is COc1ccc(Cl)cc1C1(CNC(C)(C)C)CCC1. The van der Waals surface area contributed by atoms with Crippen LogP contribution in [-0.4, -0.2) is 19.2 Å². The van der Waals surface area contributed by atoms with E-state index in [1.807, 2.05) is 12.1 Å². The third-order valence-electron chi connectivity index (χ3n) is 4.00. The lowest BCUT2D eigenvalue weighted by atomic mass is 9.64. The number of ether oxygens (including phenoxy) is 1. The van der Waals surface area contributed by atoms with Crippen LogP contribution in [0.1, 0.15) is 45.6 Å². The van der Waals surface area contributed by atoms with Gasteiger partial charge in [0.2, 0.25) is 0 Å². The number of methoxy groups -OCH3 is 1. The fraction of sp³-hybridized carbons (Fsp3) is 0.625. The standard InChI is InChI=1S/C16H24ClNO/c1-15(2,3)18-11-16(8-5-9-16)13-10-12(17)6-7-14(13)19-4/h6-7,10,18H,5,8-9,11H2,1-4H3. The average molecular weight is 282 g/mol. The summed E-state index contributed by atoms with van der Waals surface area (Å²) < 4.78 is 5.53. The molecular weight excluding hydrogens is 258 g/mol. The van der Waals surface area contributed by atoms with Crippen molar-refractivity contribution in [3.05, 3.63) is 28.8 Å². The second-order valence-electron chi connectivity index (χ2n) is 6.58. The van der Waals surface area contributed by atoms with Gasteiger partial charge in [0.25, 0.3) is 0 Å². The first-order chi connectivity index (χ1) is 8.86.